The SMILES string of the molecule is CCn1c(CCc2ccccc2)nnc1SCC(=O)Nc1nc(-c2ccc(Cl)cc2Cl)cs1. The first-order valence-electron chi connectivity index (χ1n) is 10.3. The van der Waals surface area contributed by atoms with Crippen molar-refractivity contribution in [2.24, 2.45) is 0 Å². The first kappa shape index (κ1) is 23.8. The van der Waals surface area contributed by atoms with Gasteiger partial charge in [0.2, 0.25) is 5.91 Å². The zero-order valence-electron chi connectivity index (χ0n) is 17.8. The predicted molar refractivity (Wildman–Crippen MR) is 136 cm³/mol. The van der Waals surface area contributed by atoms with E-state index in [0.29, 0.717) is 20.9 Å². The van der Waals surface area contributed by atoms with Crippen LogP contribution in [0.3, 0.4) is 0 Å². The molecule has 1 amide bonds. The minimum Gasteiger partial charge on any atom is -0.306 e. The molecule has 0 saturated heterocycles. The fourth-order valence-corrected chi connectivity index (χ4v) is 5.32. The summed E-state index contributed by atoms with van der Waals surface area (Å²) in [6.07, 6.45) is 1.70. The van der Waals surface area contributed by atoms with Crippen LogP contribution in [0.1, 0.15) is 18.3 Å². The molecule has 0 atom stereocenters. The third-order valence-corrected chi connectivity index (χ3v) is 7.15. The van der Waals surface area contributed by atoms with Crippen LogP contribution in [0.2, 0.25) is 10.0 Å². The molecule has 6 nitrogen and oxygen atoms in total. The molecule has 0 spiro atoms. The van der Waals surface area contributed by atoms with Crippen molar-refractivity contribution in [3.63, 3.8) is 0 Å². The highest BCUT2D eigenvalue weighted by molar-refractivity contribution is 7.99. The standard InChI is InChI=1S/C23H21Cl2N5OS2/c1-2-30-20(11-8-15-6-4-3-5-7-15)28-29-23(30)33-14-21(31)27-22-26-19(13-32-22)17-10-9-16(24)12-18(17)25/h3-7,9-10,12-13H,2,8,11,14H2,1H3,(H,26,27,31). The van der Waals surface area contributed by atoms with Crippen LogP contribution in [0.15, 0.2) is 59.1 Å². The number of nitrogens with one attached hydrogen (secondary N) is 1. The maximum Gasteiger partial charge on any atom is 0.236 e. The van der Waals surface area contributed by atoms with Gasteiger partial charge < -0.3 is 9.88 Å². The smallest absolute Gasteiger partial charge is 0.236 e. The summed E-state index contributed by atoms with van der Waals surface area (Å²) < 4.78 is 2.06. The predicted octanol–water partition coefficient (Wildman–Crippen LogP) is 6.24. The molecule has 0 aliphatic rings. The van der Waals surface area contributed by atoms with Gasteiger partial charge in [0.1, 0.15) is 5.82 Å². The number of aromatic nitrogens is 4. The molecule has 1 N–H and O–H groups in total. The average Bonchev–Trinajstić information content (AvgIpc) is 3.43. The number of halogens is 2. The molecule has 2 aromatic carbocycles. The Morgan fingerprint density at radius 1 is 1.12 bits per heavy atom. The molecule has 170 valence electrons. The van der Waals surface area contributed by atoms with E-state index in [2.05, 4.69) is 44.1 Å². The number of aryl methyl sites for hydroxylation is 2. The van der Waals surface area contributed by atoms with Gasteiger partial charge in [0.15, 0.2) is 10.3 Å². The molecule has 0 fully saturated rings. The Hall–Kier alpha value is -2.39. The zero-order chi connectivity index (χ0) is 23.2. The van der Waals surface area contributed by atoms with Crippen LogP contribution in [-0.2, 0) is 24.2 Å². The zero-order valence-corrected chi connectivity index (χ0v) is 20.9. The monoisotopic (exact) mass is 517 g/mol. The number of rotatable bonds is 9. The Morgan fingerprint density at radius 2 is 1.94 bits per heavy atom. The summed E-state index contributed by atoms with van der Waals surface area (Å²) in [6.45, 7) is 2.80. The van der Waals surface area contributed by atoms with Crippen LogP contribution < -0.4 is 5.32 Å². The van der Waals surface area contributed by atoms with Crippen LogP contribution in [0.4, 0.5) is 5.13 Å². The summed E-state index contributed by atoms with van der Waals surface area (Å²) in [6, 6.07) is 15.5. The van der Waals surface area contributed by atoms with E-state index in [1.54, 1.807) is 12.1 Å². The molecule has 0 radical (unpaired) electrons. The van der Waals surface area contributed by atoms with Gasteiger partial charge >= 0.3 is 0 Å². The van der Waals surface area contributed by atoms with Crippen molar-refractivity contribution in [2.45, 2.75) is 31.5 Å². The van der Waals surface area contributed by atoms with Crippen molar-refractivity contribution in [1.82, 2.24) is 19.7 Å². The van der Waals surface area contributed by atoms with E-state index >= 15 is 0 Å². The highest BCUT2D eigenvalue weighted by Gasteiger charge is 2.15. The van der Waals surface area contributed by atoms with Gasteiger partial charge in [0.25, 0.3) is 0 Å². The highest BCUT2D eigenvalue weighted by Crippen LogP contribution is 2.32. The fraction of sp³-hybridized carbons (Fsp3) is 0.217. The molecule has 10 heteroatoms. The average molecular weight is 518 g/mol. The third kappa shape index (κ3) is 6.14. The molecule has 0 saturated carbocycles. The van der Waals surface area contributed by atoms with Gasteiger partial charge in [-0.3, -0.25) is 4.79 Å². The largest absolute Gasteiger partial charge is 0.306 e. The number of amides is 1. The van der Waals surface area contributed by atoms with Gasteiger partial charge in [-0.05, 0) is 37.1 Å². The molecule has 2 heterocycles. The number of hydrogen-bond donors (Lipinski definition) is 1. The summed E-state index contributed by atoms with van der Waals surface area (Å²) in [7, 11) is 0. The lowest BCUT2D eigenvalue weighted by Crippen LogP contribution is -2.14. The molecule has 4 rings (SSSR count). The van der Waals surface area contributed by atoms with E-state index in [1.807, 2.05) is 29.6 Å². The van der Waals surface area contributed by atoms with Crippen molar-refractivity contribution in [3.8, 4) is 11.3 Å². The summed E-state index contributed by atoms with van der Waals surface area (Å²) in [5.41, 5.74) is 2.73. The lowest BCUT2D eigenvalue weighted by atomic mass is 10.1. The summed E-state index contributed by atoms with van der Waals surface area (Å²) in [5, 5.41) is 15.7. The maximum absolute atomic E-state index is 12.5. The van der Waals surface area contributed by atoms with Gasteiger partial charge in [0, 0.05) is 28.9 Å². The normalized spacial score (nSPS) is 11.0. The minimum absolute atomic E-state index is 0.153. The van der Waals surface area contributed by atoms with Gasteiger partial charge in [-0.1, -0.05) is 65.3 Å². The van der Waals surface area contributed by atoms with Crippen LogP contribution in [0.25, 0.3) is 11.3 Å². The van der Waals surface area contributed by atoms with Crippen LogP contribution in [0.5, 0.6) is 0 Å². The van der Waals surface area contributed by atoms with E-state index in [-0.39, 0.29) is 11.7 Å². The molecule has 33 heavy (non-hydrogen) atoms. The second-order valence-corrected chi connectivity index (χ2v) is 9.77. The summed E-state index contributed by atoms with van der Waals surface area (Å²) in [5.74, 6) is 0.987. The lowest BCUT2D eigenvalue weighted by molar-refractivity contribution is -0.113. The van der Waals surface area contributed by atoms with Crippen molar-refractivity contribution in [3.05, 3.63) is 75.3 Å². The molecule has 2 aromatic heterocycles. The van der Waals surface area contributed by atoms with Crippen molar-refractivity contribution in [2.75, 3.05) is 11.1 Å². The fourth-order valence-electron chi connectivity index (χ4n) is 3.27. The molecular formula is C23H21Cl2N5OS2. The van der Waals surface area contributed by atoms with Crippen LogP contribution >= 0.6 is 46.3 Å². The number of carbonyl (C=O) groups is 1. The third-order valence-electron chi connectivity index (χ3n) is 4.88. The number of benzene rings is 2. The summed E-state index contributed by atoms with van der Waals surface area (Å²) in [4.78, 5) is 17.0. The maximum atomic E-state index is 12.5. The number of nitrogens with zero attached hydrogens (tertiary/aromatic N) is 4. The summed E-state index contributed by atoms with van der Waals surface area (Å²) >= 11 is 14.9. The van der Waals surface area contributed by atoms with Crippen LogP contribution in [0, 0.1) is 0 Å². The Bertz CT molecular complexity index is 1240. The Morgan fingerprint density at radius 3 is 2.70 bits per heavy atom. The van der Waals surface area contributed by atoms with Crippen molar-refractivity contribution >= 4 is 57.3 Å². The number of hydrogen-bond acceptors (Lipinski definition) is 6. The Labute approximate surface area is 210 Å². The minimum atomic E-state index is -0.153. The molecule has 4 aromatic rings. The van der Waals surface area contributed by atoms with Crippen molar-refractivity contribution in [1.29, 1.82) is 0 Å². The van der Waals surface area contributed by atoms with E-state index in [0.717, 1.165) is 35.9 Å². The second-order valence-electron chi connectivity index (χ2n) is 7.13. The molecular weight excluding hydrogens is 497 g/mol. The van der Waals surface area contributed by atoms with Crippen LogP contribution in [-0.4, -0.2) is 31.4 Å². The first-order chi connectivity index (χ1) is 16.0. The van der Waals surface area contributed by atoms with E-state index < -0.39 is 0 Å². The van der Waals surface area contributed by atoms with Gasteiger partial charge in [-0.25, -0.2) is 4.98 Å². The van der Waals surface area contributed by atoms with Crippen molar-refractivity contribution < 1.29 is 4.79 Å². The topological polar surface area (TPSA) is 72.7 Å². The lowest BCUT2D eigenvalue weighted by Gasteiger charge is -2.07. The number of anilines is 1. The number of carbonyl (C=O) groups excluding carboxylic acids is 1. The number of thioether (sulfide) groups is 1. The van der Waals surface area contributed by atoms with E-state index in [1.165, 1.54) is 28.7 Å². The van der Waals surface area contributed by atoms with E-state index in [9.17, 15) is 4.79 Å². The Balaban J connectivity index is 1.33. The quantitative estimate of drug-likeness (QED) is 0.266. The molecule has 0 aliphatic heterocycles. The number of thiazole rings is 1. The Kier molecular flexibility index (Phi) is 8.03. The molecule has 0 unspecified atom stereocenters. The first-order valence-corrected chi connectivity index (χ1v) is 12.9. The highest BCUT2D eigenvalue weighted by atomic mass is 35.5. The van der Waals surface area contributed by atoms with Gasteiger partial charge in [-0.15, -0.1) is 21.5 Å². The molecule has 0 bridgehead atoms. The van der Waals surface area contributed by atoms with Gasteiger partial charge in [-0.2, -0.15) is 0 Å². The van der Waals surface area contributed by atoms with E-state index in [4.69, 9.17) is 23.2 Å². The second kappa shape index (κ2) is 11.2. The molecule has 0 aliphatic carbocycles. The van der Waals surface area contributed by atoms with Gasteiger partial charge in [0.05, 0.1) is 16.5 Å².